The van der Waals surface area contributed by atoms with Crippen LogP contribution in [0.4, 0.5) is 10.1 Å². The zero-order valence-electron chi connectivity index (χ0n) is 13.2. The summed E-state index contributed by atoms with van der Waals surface area (Å²) < 4.78 is 14.0. The molecule has 0 saturated carbocycles. The SMILES string of the molecule is CCC(CC)N(CC(C)C)c1cccc(F)c1C(C)=O. The predicted octanol–water partition coefficient (Wildman–Crippen LogP) is 4.68. The van der Waals surface area contributed by atoms with Gasteiger partial charge in [0.2, 0.25) is 0 Å². The fourth-order valence-electron chi connectivity index (χ4n) is 2.67. The second-order valence-corrected chi connectivity index (χ2v) is 5.71. The molecule has 112 valence electrons. The second-order valence-electron chi connectivity index (χ2n) is 5.71. The number of ketones is 1. The molecular formula is C17H26FNO. The Kier molecular flexibility index (Phi) is 6.18. The molecular weight excluding hydrogens is 253 g/mol. The zero-order chi connectivity index (χ0) is 15.3. The molecule has 20 heavy (non-hydrogen) atoms. The number of hydrogen-bond acceptors (Lipinski definition) is 2. The van der Waals surface area contributed by atoms with Crippen LogP contribution in [0.15, 0.2) is 18.2 Å². The zero-order valence-corrected chi connectivity index (χ0v) is 13.2. The lowest BCUT2D eigenvalue weighted by Gasteiger charge is -2.35. The van der Waals surface area contributed by atoms with E-state index in [9.17, 15) is 9.18 Å². The lowest BCUT2D eigenvalue weighted by Crippen LogP contribution is -2.38. The maximum absolute atomic E-state index is 14.0. The van der Waals surface area contributed by atoms with Crippen LogP contribution in [-0.4, -0.2) is 18.4 Å². The van der Waals surface area contributed by atoms with E-state index in [0.717, 1.165) is 25.1 Å². The van der Waals surface area contributed by atoms with E-state index in [1.807, 2.05) is 6.07 Å². The van der Waals surface area contributed by atoms with Gasteiger partial charge in [-0.05, 0) is 37.8 Å². The second kappa shape index (κ2) is 7.41. The Morgan fingerprint density at radius 2 is 1.85 bits per heavy atom. The van der Waals surface area contributed by atoms with Gasteiger partial charge in [-0.2, -0.15) is 0 Å². The first-order chi connectivity index (χ1) is 9.42. The van der Waals surface area contributed by atoms with Crippen LogP contribution in [0.25, 0.3) is 0 Å². The summed E-state index contributed by atoms with van der Waals surface area (Å²) in [5.74, 6) is -0.175. The molecule has 0 bridgehead atoms. The fourth-order valence-corrected chi connectivity index (χ4v) is 2.67. The van der Waals surface area contributed by atoms with Gasteiger partial charge in [0.25, 0.3) is 0 Å². The molecule has 0 aliphatic carbocycles. The van der Waals surface area contributed by atoms with Crippen molar-refractivity contribution in [1.82, 2.24) is 0 Å². The maximum atomic E-state index is 14.0. The molecule has 0 saturated heterocycles. The van der Waals surface area contributed by atoms with Gasteiger partial charge in [-0.15, -0.1) is 0 Å². The van der Waals surface area contributed by atoms with Crippen molar-refractivity contribution in [3.63, 3.8) is 0 Å². The summed E-state index contributed by atoms with van der Waals surface area (Å²) in [5, 5.41) is 0. The molecule has 1 rings (SSSR count). The fraction of sp³-hybridized carbons (Fsp3) is 0.588. The van der Waals surface area contributed by atoms with Crippen LogP contribution >= 0.6 is 0 Å². The Morgan fingerprint density at radius 3 is 2.30 bits per heavy atom. The van der Waals surface area contributed by atoms with E-state index in [4.69, 9.17) is 0 Å². The predicted molar refractivity (Wildman–Crippen MR) is 83.0 cm³/mol. The molecule has 0 N–H and O–H groups in total. The largest absolute Gasteiger partial charge is 0.368 e. The summed E-state index contributed by atoms with van der Waals surface area (Å²) >= 11 is 0. The van der Waals surface area contributed by atoms with Gasteiger partial charge in [0.15, 0.2) is 5.78 Å². The summed E-state index contributed by atoms with van der Waals surface area (Å²) in [7, 11) is 0. The standard InChI is InChI=1S/C17H26FNO/c1-6-14(7-2)19(11-12(3)4)16-10-8-9-15(18)17(16)13(5)20/h8-10,12,14H,6-7,11H2,1-5H3. The Hall–Kier alpha value is -1.38. The quantitative estimate of drug-likeness (QED) is 0.675. The van der Waals surface area contributed by atoms with Crippen molar-refractivity contribution in [1.29, 1.82) is 0 Å². The number of halogens is 1. The third kappa shape index (κ3) is 3.81. The molecule has 0 atom stereocenters. The van der Waals surface area contributed by atoms with Crippen LogP contribution in [0.3, 0.4) is 0 Å². The average molecular weight is 279 g/mol. The number of nitrogens with zero attached hydrogens (tertiary/aromatic N) is 1. The minimum atomic E-state index is -0.422. The minimum absolute atomic E-state index is 0.210. The van der Waals surface area contributed by atoms with Gasteiger partial charge in [-0.1, -0.05) is 33.8 Å². The molecule has 0 aliphatic rings. The Bertz CT molecular complexity index is 452. The molecule has 0 unspecified atom stereocenters. The Balaban J connectivity index is 3.33. The number of rotatable bonds is 7. The van der Waals surface area contributed by atoms with Gasteiger partial charge in [-0.25, -0.2) is 4.39 Å². The van der Waals surface area contributed by atoms with Gasteiger partial charge in [0, 0.05) is 12.6 Å². The van der Waals surface area contributed by atoms with Crippen molar-refractivity contribution in [2.24, 2.45) is 5.92 Å². The third-order valence-corrected chi connectivity index (χ3v) is 3.60. The molecule has 0 amide bonds. The van der Waals surface area contributed by atoms with E-state index in [1.54, 1.807) is 6.07 Å². The highest BCUT2D eigenvalue weighted by Crippen LogP contribution is 2.28. The van der Waals surface area contributed by atoms with Crippen molar-refractivity contribution in [3.05, 3.63) is 29.6 Å². The number of Topliss-reactive ketones (excluding diaryl/α,β-unsaturated/α-hetero) is 1. The molecule has 0 spiro atoms. The van der Waals surface area contributed by atoms with Crippen molar-refractivity contribution in [3.8, 4) is 0 Å². The molecule has 0 aliphatic heterocycles. The third-order valence-electron chi connectivity index (χ3n) is 3.60. The smallest absolute Gasteiger partial charge is 0.164 e. The first-order valence-electron chi connectivity index (χ1n) is 7.48. The Labute approximate surface area is 122 Å². The number of carbonyl (C=O) groups excluding carboxylic acids is 1. The number of carbonyl (C=O) groups is 1. The van der Waals surface area contributed by atoms with Crippen molar-refractivity contribution in [2.45, 2.75) is 53.5 Å². The van der Waals surface area contributed by atoms with Crippen LogP contribution < -0.4 is 4.90 Å². The first kappa shape index (κ1) is 16.7. The van der Waals surface area contributed by atoms with Crippen LogP contribution in [0.5, 0.6) is 0 Å². The van der Waals surface area contributed by atoms with Crippen LogP contribution in [0.1, 0.15) is 57.8 Å². The van der Waals surface area contributed by atoms with E-state index >= 15 is 0 Å². The minimum Gasteiger partial charge on any atom is -0.368 e. The molecule has 0 aromatic heterocycles. The molecule has 0 fully saturated rings. The lowest BCUT2D eigenvalue weighted by molar-refractivity contribution is 0.101. The number of anilines is 1. The number of benzene rings is 1. The van der Waals surface area contributed by atoms with E-state index in [2.05, 4.69) is 32.6 Å². The maximum Gasteiger partial charge on any atom is 0.164 e. The van der Waals surface area contributed by atoms with Crippen LogP contribution in [0.2, 0.25) is 0 Å². The molecule has 1 aromatic carbocycles. The first-order valence-corrected chi connectivity index (χ1v) is 7.48. The highest BCUT2D eigenvalue weighted by molar-refractivity contribution is 6.00. The molecule has 0 radical (unpaired) electrons. The van der Waals surface area contributed by atoms with Gasteiger partial charge >= 0.3 is 0 Å². The summed E-state index contributed by atoms with van der Waals surface area (Å²) in [6.07, 6.45) is 1.97. The average Bonchev–Trinajstić information content (AvgIpc) is 2.37. The topological polar surface area (TPSA) is 20.3 Å². The monoisotopic (exact) mass is 279 g/mol. The van der Waals surface area contributed by atoms with Gasteiger partial charge in [0.05, 0.1) is 11.3 Å². The summed E-state index contributed by atoms with van der Waals surface area (Å²) in [4.78, 5) is 14.0. The van der Waals surface area contributed by atoms with E-state index in [1.165, 1.54) is 13.0 Å². The summed E-state index contributed by atoms with van der Waals surface area (Å²) in [5.41, 5.74) is 0.958. The van der Waals surface area contributed by atoms with E-state index in [0.29, 0.717) is 12.0 Å². The van der Waals surface area contributed by atoms with E-state index < -0.39 is 5.82 Å². The van der Waals surface area contributed by atoms with Gasteiger partial charge in [-0.3, -0.25) is 4.79 Å². The molecule has 3 heteroatoms. The van der Waals surface area contributed by atoms with E-state index in [-0.39, 0.29) is 11.3 Å². The van der Waals surface area contributed by atoms with Crippen LogP contribution in [-0.2, 0) is 0 Å². The highest BCUT2D eigenvalue weighted by Gasteiger charge is 2.23. The highest BCUT2D eigenvalue weighted by atomic mass is 19.1. The van der Waals surface area contributed by atoms with Gasteiger partial charge < -0.3 is 4.90 Å². The van der Waals surface area contributed by atoms with Crippen LogP contribution in [0, 0.1) is 11.7 Å². The van der Waals surface area contributed by atoms with Gasteiger partial charge in [0.1, 0.15) is 5.82 Å². The van der Waals surface area contributed by atoms with Crippen molar-refractivity contribution >= 4 is 11.5 Å². The number of hydrogen-bond donors (Lipinski definition) is 0. The van der Waals surface area contributed by atoms with Crippen molar-refractivity contribution in [2.75, 3.05) is 11.4 Å². The summed E-state index contributed by atoms with van der Waals surface area (Å²) in [6.45, 7) is 10.8. The van der Waals surface area contributed by atoms with Crippen molar-refractivity contribution < 1.29 is 9.18 Å². The summed E-state index contributed by atoms with van der Waals surface area (Å²) in [6, 6.07) is 5.24. The Morgan fingerprint density at radius 1 is 1.25 bits per heavy atom. The molecule has 1 aromatic rings. The lowest BCUT2D eigenvalue weighted by atomic mass is 10.0. The molecule has 2 nitrogen and oxygen atoms in total. The molecule has 0 heterocycles. The normalized spacial score (nSPS) is 11.2.